The normalized spacial score (nSPS) is 32.0. The average molecular weight is 471 g/mol. The third kappa shape index (κ3) is 4.30. The van der Waals surface area contributed by atoms with E-state index in [4.69, 9.17) is 23.7 Å². The number of benzene rings is 2. The van der Waals surface area contributed by atoms with Crippen LogP contribution in [0.15, 0.2) is 42.5 Å². The second-order valence-electron chi connectivity index (χ2n) is 9.84. The minimum Gasteiger partial charge on any atom is -0.342 e. The molecule has 0 radical (unpaired) electrons. The number of rotatable bonds is 4. The number of fused-ring (bicyclic) bond motifs is 4. The summed E-state index contributed by atoms with van der Waals surface area (Å²) in [5.74, 6) is -2.63. The van der Waals surface area contributed by atoms with E-state index in [1.807, 2.05) is 42.5 Å². The number of carbonyl (C=O) groups excluding carboxylic acids is 2. The molecule has 0 unspecified atom stereocenters. The monoisotopic (exact) mass is 470 g/mol. The Balaban J connectivity index is 1.29. The predicted octanol–water partition coefficient (Wildman–Crippen LogP) is 2.68. The maximum atomic E-state index is 13.2. The molecule has 0 aliphatic carbocycles. The highest BCUT2D eigenvalue weighted by molar-refractivity contribution is 6.04. The molecule has 3 fully saturated rings. The molecule has 2 aromatic rings. The van der Waals surface area contributed by atoms with Crippen molar-refractivity contribution < 1.29 is 33.3 Å². The first kappa shape index (κ1) is 23.2. The second kappa shape index (κ2) is 8.28. The van der Waals surface area contributed by atoms with Crippen LogP contribution >= 0.6 is 0 Å². The van der Waals surface area contributed by atoms with E-state index >= 15 is 0 Å². The van der Waals surface area contributed by atoms with Crippen molar-refractivity contribution in [2.75, 3.05) is 5.32 Å². The van der Waals surface area contributed by atoms with Crippen LogP contribution in [0, 0.1) is 0 Å². The highest BCUT2D eigenvalue weighted by Crippen LogP contribution is 2.44. The number of carbonyl (C=O) groups is 2. The molecule has 0 saturated carbocycles. The van der Waals surface area contributed by atoms with Crippen LogP contribution in [0.5, 0.6) is 0 Å². The van der Waals surface area contributed by atoms with Crippen molar-refractivity contribution in [1.82, 2.24) is 5.32 Å². The Morgan fingerprint density at radius 3 is 2.29 bits per heavy atom. The molecule has 2 amide bonds. The van der Waals surface area contributed by atoms with E-state index in [1.54, 1.807) is 34.6 Å². The van der Waals surface area contributed by atoms with E-state index in [-0.39, 0.29) is 5.91 Å². The van der Waals surface area contributed by atoms with Crippen LogP contribution in [0.1, 0.15) is 34.6 Å². The van der Waals surface area contributed by atoms with Crippen molar-refractivity contribution in [1.29, 1.82) is 0 Å². The Kier molecular flexibility index (Phi) is 5.65. The second-order valence-corrected chi connectivity index (χ2v) is 9.84. The standard InChI is InChI=1S/C25H30N2O7/c1-13(21(28)27-16-12-8-10-14-9-6-7-11-15(14)16)26-22(29)19-17-18(32-24(2,3)31-17)20-23(30-19)34-25(4,5)33-20/h6-13,17-20,23H,1-5H3,(H,26,29)(H,27,28)/t13-,17-,18-,19+,20-,23+/m0/s1. The molecule has 3 heterocycles. The van der Waals surface area contributed by atoms with Gasteiger partial charge in [-0.1, -0.05) is 36.4 Å². The van der Waals surface area contributed by atoms with Gasteiger partial charge in [-0.15, -0.1) is 0 Å². The average Bonchev–Trinajstić information content (AvgIpc) is 3.26. The third-order valence-electron chi connectivity index (χ3n) is 6.21. The Morgan fingerprint density at radius 2 is 1.50 bits per heavy atom. The van der Waals surface area contributed by atoms with Gasteiger partial charge in [-0.2, -0.15) is 0 Å². The first-order valence-electron chi connectivity index (χ1n) is 11.5. The lowest BCUT2D eigenvalue weighted by Gasteiger charge is -2.36. The van der Waals surface area contributed by atoms with E-state index in [9.17, 15) is 9.59 Å². The predicted molar refractivity (Wildman–Crippen MR) is 123 cm³/mol. The summed E-state index contributed by atoms with van der Waals surface area (Å²) in [6, 6.07) is 12.6. The zero-order valence-corrected chi connectivity index (χ0v) is 19.9. The zero-order valence-electron chi connectivity index (χ0n) is 19.9. The molecule has 3 saturated heterocycles. The lowest BCUT2D eigenvalue weighted by atomic mass is 9.98. The largest absolute Gasteiger partial charge is 0.342 e. The Labute approximate surface area is 198 Å². The minimum absolute atomic E-state index is 0.347. The molecule has 34 heavy (non-hydrogen) atoms. The zero-order chi connectivity index (χ0) is 24.3. The first-order chi connectivity index (χ1) is 16.0. The van der Waals surface area contributed by atoms with Crippen molar-refractivity contribution in [3.63, 3.8) is 0 Å². The van der Waals surface area contributed by atoms with Crippen LogP contribution in [0.3, 0.4) is 0 Å². The molecule has 2 aromatic carbocycles. The van der Waals surface area contributed by atoms with Crippen LogP contribution in [0.2, 0.25) is 0 Å². The fourth-order valence-electron chi connectivity index (χ4n) is 4.76. The van der Waals surface area contributed by atoms with Crippen LogP contribution < -0.4 is 10.6 Å². The van der Waals surface area contributed by atoms with Crippen LogP contribution in [-0.4, -0.2) is 60.1 Å². The van der Waals surface area contributed by atoms with Gasteiger partial charge in [0, 0.05) is 11.1 Å². The van der Waals surface area contributed by atoms with Gasteiger partial charge in [-0.05, 0) is 46.1 Å². The Bertz CT molecular complexity index is 1110. The summed E-state index contributed by atoms with van der Waals surface area (Å²) in [7, 11) is 0. The van der Waals surface area contributed by atoms with Gasteiger partial charge in [-0.3, -0.25) is 9.59 Å². The first-order valence-corrected chi connectivity index (χ1v) is 11.5. The summed E-state index contributed by atoms with van der Waals surface area (Å²) in [5, 5.41) is 7.58. The number of anilines is 1. The van der Waals surface area contributed by atoms with Gasteiger partial charge >= 0.3 is 0 Å². The van der Waals surface area contributed by atoms with E-state index in [0.29, 0.717) is 5.69 Å². The molecule has 5 rings (SSSR count). The summed E-state index contributed by atoms with van der Waals surface area (Å²) in [4.78, 5) is 26.1. The molecule has 0 spiro atoms. The minimum atomic E-state index is -1.03. The smallest absolute Gasteiger partial charge is 0.252 e. The van der Waals surface area contributed by atoms with E-state index in [1.165, 1.54) is 0 Å². The van der Waals surface area contributed by atoms with Gasteiger partial charge in [0.2, 0.25) is 5.91 Å². The van der Waals surface area contributed by atoms with Crippen LogP contribution in [0.25, 0.3) is 10.8 Å². The summed E-state index contributed by atoms with van der Waals surface area (Å²) in [6.45, 7) is 8.72. The molecule has 6 atom stereocenters. The molecule has 182 valence electrons. The molecule has 0 aromatic heterocycles. The number of amides is 2. The number of ether oxygens (including phenoxy) is 5. The van der Waals surface area contributed by atoms with E-state index in [0.717, 1.165) is 10.8 Å². The van der Waals surface area contributed by atoms with Crippen molar-refractivity contribution >= 4 is 28.3 Å². The van der Waals surface area contributed by atoms with Crippen molar-refractivity contribution in [2.45, 2.75) is 82.9 Å². The van der Waals surface area contributed by atoms with Gasteiger partial charge in [0.1, 0.15) is 24.4 Å². The molecular formula is C25H30N2O7. The van der Waals surface area contributed by atoms with Gasteiger partial charge in [-0.25, -0.2) is 0 Å². The lowest BCUT2D eigenvalue weighted by molar-refractivity contribution is -0.231. The lowest BCUT2D eigenvalue weighted by Crippen LogP contribution is -2.60. The molecule has 3 aliphatic rings. The number of hydrogen-bond acceptors (Lipinski definition) is 7. The molecular weight excluding hydrogens is 440 g/mol. The summed E-state index contributed by atoms with van der Waals surface area (Å²) in [6.07, 6.45) is -3.60. The topological polar surface area (TPSA) is 104 Å². The maximum Gasteiger partial charge on any atom is 0.252 e. The van der Waals surface area contributed by atoms with Crippen molar-refractivity contribution in [3.05, 3.63) is 42.5 Å². The van der Waals surface area contributed by atoms with Gasteiger partial charge in [0.25, 0.3) is 5.91 Å². The Morgan fingerprint density at radius 1 is 0.853 bits per heavy atom. The van der Waals surface area contributed by atoms with Crippen LogP contribution in [-0.2, 0) is 33.3 Å². The van der Waals surface area contributed by atoms with Gasteiger partial charge < -0.3 is 34.3 Å². The summed E-state index contributed by atoms with van der Waals surface area (Å²) < 4.78 is 29.8. The molecule has 3 aliphatic heterocycles. The van der Waals surface area contributed by atoms with Crippen molar-refractivity contribution in [3.8, 4) is 0 Å². The van der Waals surface area contributed by atoms with Gasteiger partial charge in [0.05, 0.1) is 0 Å². The SMILES string of the molecule is C[C@H](NC(=O)[C@@H]1O[C@@H]2OC(C)(C)O[C@H]2[C@H]2OC(C)(C)O[C@@H]21)C(=O)Nc1cccc2ccccc12. The number of hydrogen-bond donors (Lipinski definition) is 2. The third-order valence-corrected chi connectivity index (χ3v) is 6.21. The fourth-order valence-corrected chi connectivity index (χ4v) is 4.76. The maximum absolute atomic E-state index is 13.2. The number of nitrogens with one attached hydrogen (secondary N) is 2. The van der Waals surface area contributed by atoms with Crippen LogP contribution in [0.4, 0.5) is 5.69 Å². The molecule has 9 heteroatoms. The summed E-state index contributed by atoms with van der Waals surface area (Å²) >= 11 is 0. The van der Waals surface area contributed by atoms with E-state index < -0.39 is 54.2 Å². The summed E-state index contributed by atoms with van der Waals surface area (Å²) in [5.41, 5.74) is 0.675. The Hall–Kier alpha value is -2.56. The molecule has 0 bridgehead atoms. The quantitative estimate of drug-likeness (QED) is 0.708. The highest BCUT2D eigenvalue weighted by Gasteiger charge is 2.62. The fraction of sp³-hybridized carbons (Fsp3) is 0.520. The molecule has 9 nitrogen and oxygen atoms in total. The van der Waals surface area contributed by atoms with E-state index in [2.05, 4.69) is 10.6 Å². The highest BCUT2D eigenvalue weighted by atomic mass is 16.9. The molecule has 2 N–H and O–H groups in total. The van der Waals surface area contributed by atoms with Crippen molar-refractivity contribution in [2.24, 2.45) is 0 Å². The van der Waals surface area contributed by atoms with Gasteiger partial charge in [0.15, 0.2) is 24.0 Å².